The minimum absolute atomic E-state index is 0.0940. The Labute approximate surface area is 115 Å². The summed E-state index contributed by atoms with van der Waals surface area (Å²) in [4.78, 5) is 0. The van der Waals surface area contributed by atoms with Crippen molar-refractivity contribution >= 4 is 25.8 Å². The number of hydrogen-bond acceptors (Lipinski definition) is 4. The lowest BCUT2D eigenvalue weighted by Gasteiger charge is -2.10. The van der Waals surface area contributed by atoms with Crippen molar-refractivity contribution in [2.45, 2.75) is 6.04 Å². The smallest absolute Gasteiger partial charge is 0.173 e. The Morgan fingerprint density at radius 2 is 2.06 bits per heavy atom. The Morgan fingerprint density at radius 3 is 2.67 bits per heavy atom. The van der Waals surface area contributed by atoms with E-state index in [9.17, 15) is 8.42 Å². The van der Waals surface area contributed by atoms with E-state index in [0.29, 0.717) is 13.2 Å². The van der Waals surface area contributed by atoms with Crippen molar-refractivity contribution in [1.29, 1.82) is 0 Å². The van der Waals surface area contributed by atoms with Crippen molar-refractivity contribution in [3.63, 3.8) is 0 Å². The summed E-state index contributed by atoms with van der Waals surface area (Å²) in [5.41, 5.74) is 0. The molecule has 2 rings (SSSR count). The highest BCUT2D eigenvalue weighted by molar-refractivity contribution is 9.10. The monoisotopic (exact) mass is 331 g/mol. The van der Waals surface area contributed by atoms with Gasteiger partial charge in [0.1, 0.15) is 12.4 Å². The van der Waals surface area contributed by atoms with Gasteiger partial charge in [-0.2, -0.15) is 0 Å². The number of hydrogen-bond donors (Lipinski definition) is 1. The van der Waals surface area contributed by atoms with Crippen molar-refractivity contribution in [2.75, 3.05) is 18.9 Å². The van der Waals surface area contributed by atoms with Gasteiger partial charge in [-0.05, 0) is 24.3 Å². The van der Waals surface area contributed by atoms with Crippen LogP contribution in [-0.2, 0) is 9.84 Å². The second-order valence-corrected chi connectivity index (χ2v) is 6.87. The molecule has 1 aromatic carbocycles. The zero-order chi connectivity index (χ0) is 13.0. The van der Waals surface area contributed by atoms with E-state index in [2.05, 4.69) is 21.2 Å². The van der Waals surface area contributed by atoms with Gasteiger partial charge in [0.05, 0.1) is 5.75 Å². The summed E-state index contributed by atoms with van der Waals surface area (Å²) >= 11 is 3.35. The maximum absolute atomic E-state index is 11.2. The molecule has 0 aliphatic carbocycles. The summed E-state index contributed by atoms with van der Waals surface area (Å²) in [5, 5.41) is 4.38. The van der Waals surface area contributed by atoms with Gasteiger partial charge in [-0.1, -0.05) is 22.0 Å². The van der Waals surface area contributed by atoms with E-state index in [1.165, 1.54) is 5.41 Å². The normalized spacial score (nSPS) is 21.1. The molecule has 1 unspecified atom stereocenters. The molecule has 1 aliphatic heterocycles. The molecule has 18 heavy (non-hydrogen) atoms. The lowest BCUT2D eigenvalue weighted by molar-refractivity contribution is 0.311. The molecule has 1 atom stereocenters. The van der Waals surface area contributed by atoms with E-state index < -0.39 is 9.84 Å². The fourth-order valence-corrected chi connectivity index (χ4v) is 3.18. The largest absolute Gasteiger partial charge is 0.492 e. The van der Waals surface area contributed by atoms with Crippen LogP contribution in [0.4, 0.5) is 0 Å². The molecule has 0 aromatic heterocycles. The van der Waals surface area contributed by atoms with E-state index in [4.69, 9.17) is 4.74 Å². The van der Waals surface area contributed by atoms with Crippen LogP contribution in [0, 0.1) is 0 Å². The van der Waals surface area contributed by atoms with Crippen LogP contribution in [0.15, 0.2) is 40.2 Å². The van der Waals surface area contributed by atoms with E-state index in [0.717, 1.165) is 10.2 Å². The van der Waals surface area contributed by atoms with Crippen molar-refractivity contribution in [2.24, 2.45) is 0 Å². The first-order chi connectivity index (χ1) is 8.55. The van der Waals surface area contributed by atoms with Gasteiger partial charge >= 0.3 is 0 Å². The minimum atomic E-state index is -2.98. The maximum atomic E-state index is 11.2. The molecule has 0 spiro atoms. The van der Waals surface area contributed by atoms with E-state index >= 15 is 0 Å². The minimum Gasteiger partial charge on any atom is -0.492 e. The van der Waals surface area contributed by atoms with Crippen molar-refractivity contribution in [3.05, 3.63) is 40.2 Å². The average Bonchev–Trinajstić information content (AvgIpc) is 2.67. The molecule has 1 aliphatic rings. The summed E-state index contributed by atoms with van der Waals surface area (Å²) < 4.78 is 28.9. The molecule has 0 fully saturated rings. The van der Waals surface area contributed by atoms with E-state index in [1.807, 2.05) is 24.3 Å². The predicted molar refractivity (Wildman–Crippen MR) is 74.4 cm³/mol. The molecular weight excluding hydrogens is 318 g/mol. The summed E-state index contributed by atoms with van der Waals surface area (Å²) in [6.45, 7) is 1.12. The Balaban J connectivity index is 1.68. The van der Waals surface area contributed by atoms with Crippen LogP contribution in [0.5, 0.6) is 5.75 Å². The van der Waals surface area contributed by atoms with Crippen molar-refractivity contribution < 1.29 is 13.2 Å². The van der Waals surface area contributed by atoms with Gasteiger partial charge < -0.3 is 10.1 Å². The molecule has 0 saturated carbocycles. The first kappa shape index (κ1) is 13.6. The van der Waals surface area contributed by atoms with Gasteiger partial charge in [0.2, 0.25) is 0 Å². The molecule has 6 heteroatoms. The fraction of sp³-hybridized carbons (Fsp3) is 0.333. The predicted octanol–water partition coefficient (Wildman–Crippen LogP) is 1.73. The number of ether oxygens (including phenoxy) is 1. The first-order valence-corrected chi connectivity index (χ1v) is 8.09. The zero-order valence-corrected chi connectivity index (χ0v) is 12.1. The van der Waals surface area contributed by atoms with Crippen LogP contribution in [-0.4, -0.2) is 33.4 Å². The van der Waals surface area contributed by atoms with Gasteiger partial charge in [-0.3, -0.25) is 0 Å². The molecular formula is C12H14BrNO3S. The number of benzene rings is 1. The SMILES string of the molecule is O=S1(=O)C=CC(NCCOc2ccc(Br)cc2)C1. The number of rotatable bonds is 5. The molecule has 1 N–H and O–H groups in total. The van der Waals surface area contributed by atoms with Crippen molar-refractivity contribution in [1.82, 2.24) is 5.32 Å². The third-order valence-electron chi connectivity index (χ3n) is 2.52. The van der Waals surface area contributed by atoms with E-state index in [-0.39, 0.29) is 11.8 Å². The molecule has 1 heterocycles. The van der Waals surface area contributed by atoms with Gasteiger partial charge in [0.25, 0.3) is 0 Å². The molecule has 0 saturated heterocycles. The molecule has 4 nitrogen and oxygen atoms in total. The second-order valence-electron chi connectivity index (χ2n) is 4.02. The molecule has 1 aromatic rings. The number of sulfone groups is 1. The highest BCUT2D eigenvalue weighted by Gasteiger charge is 2.20. The lowest BCUT2D eigenvalue weighted by Crippen LogP contribution is -2.33. The molecule has 0 radical (unpaired) electrons. The maximum Gasteiger partial charge on any atom is 0.173 e. The highest BCUT2D eigenvalue weighted by Crippen LogP contribution is 2.15. The number of nitrogens with one attached hydrogen (secondary N) is 1. The summed E-state index contributed by atoms with van der Waals surface area (Å²) in [5.74, 6) is 0.945. The van der Waals surface area contributed by atoms with Gasteiger partial charge in [-0.25, -0.2) is 8.42 Å². The van der Waals surface area contributed by atoms with Gasteiger partial charge in [0, 0.05) is 22.5 Å². The van der Waals surface area contributed by atoms with Crippen molar-refractivity contribution in [3.8, 4) is 5.75 Å². The third-order valence-corrected chi connectivity index (χ3v) is 4.45. The Hall–Kier alpha value is -0.850. The lowest BCUT2D eigenvalue weighted by atomic mass is 10.3. The highest BCUT2D eigenvalue weighted by atomic mass is 79.9. The van der Waals surface area contributed by atoms with Crippen LogP contribution in [0.2, 0.25) is 0 Å². The summed E-state index contributed by atoms with van der Waals surface area (Å²) in [6.07, 6.45) is 1.68. The second kappa shape index (κ2) is 5.86. The average molecular weight is 332 g/mol. The summed E-state index contributed by atoms with van der Waals surface area (Å²) in [7, 11) is -2.98. The van der Waals surface area contributed by atoms with Gasteiger partial charge in [0.15, 0.2) is 9.84 Å². The van der Waals surface area contributed by atoms with Crippen LogP contribution in [0.25, 0.3) is 0 Å². The van der Waals surface area contributed by atoms with Crippen LogP contribution in [0.1, 0.15) is 0 Å². The Morgan fingerprint density at radius 1 is 1.33 bits per heavy atom. The molecule has 98 valence electrons. The van der Waals surface area contributed by atoms with Crippen LogP contribution in [0.3, 0.4) is 0 Å². The quantitative estimate of drug-likeness (QED) is 0.835. The Kier molecular flexibility index (Phi) is 4.42. The Bertz CT molecular complexity index is 525. The number of halogens is 1. The van der Waals surface area contributed by atoms with Crippen LogP contribution < -0.4 is 10.1 Å². The standard InChI is InChI=1S/C12H14BrNO3S/c13-10-1-3-12(4-2-10)17-7-6-14-11-5-8-18(15,16)9-11/h1-5,8,11,14H,6-7,9H2. The third kappa shape index (κ3) is 4.12. The van der Waals surface area contributed by atoms with E-state index in [1.54, 1.807) is 6.08 Å². The molecule has 0 bridgehead atoms. The zero-order valence-electron chi connectivity index (χ0n) is 9.67. The van der Waals surface area contributed by atoms with Crippen LogP contribution >= 0.6 is 15.9 Å². The summed E-state index contributed by atoms with van der Waals surface area (Å²) in [6, 6.07) is 7.49. The first-order valence-electron chi connectivity index (χ1n) is 5.58. The molecule has 0 amide bonds. The van der Waals surface area contributed by atoms with Gasteiger partial charge in [-0.15, -0.1) is 0 Å². The topological polar surface area (TPSA) is 55.4 Å². The fourth-order valence-electron chi connectivity index (χ4n) is 1.65.